The normalized spacial score (nSPS) is 17.1. The molecule has 8 heteroatoms. The Morgan fingerprint density at radius 1 is 1.00 bits per heavy atom. The number of ether oxygens (including phenoxy) is 1. The van der Waals surface area contributed by atoms with Crippen molar-refractivity contribution in [1.82, 2.24) is 0 Å². The van der Waals surface area contributed by atoms with Crippen molar-refractivity contribution < 1.29 is 25.2 Å². The van der Waals surface area contributed by atoms with Gasteiger partial charge in [0, 0.05) is 11.8 Å². The zero-order valence-electron chi connectivity index (χ0n) is 9.31. The first-order chi connectivity index (χ1) is 8.05. The van der Waals surface area contributed by atoms with Crippen molar-refractivity contribution >= 4 is 34.8 Å². The molecule has 0 bridgehead atoms. The van der Waals surface area contributed by atoms with Gasteiger partial charge in [0.1, 0.15) is 6.10 Å². The molecule has 0 aromatic rings. The van der Waals surface area contributed by atoms with E-state index in [1.165, 1.54) is 0 Å². The molecule has 0 radical (unpaired) electrons. The predicted octanol–water partition coefficient (Wildman–Crippen LogP) is -0.219. The van der Waals surface area contributed by atoms with Gasteiger partial charge in [-0.05, 0) is 0 Å². The molecule has 5 nitrogen and oxygen atoms in total. The largest absolute Gasteiger partial charge is 0.394 e. The first-order valence-electron chi connectivity index (χ1n) is 4.92. The maximum Gasteiger partial charge on any atom is 0.100 e. The second-order valence-electron chi connectivity index (χ2n) is 3.09. The Morgan fingerprint density at radius 3 is 1.41 bits per heavy atom. The van der Waals surface area contributed by atoms with Crippen LogP contribution in [0.1, 0.15) is 0 Å². The summed E-state index contributed by atoms with van der Waals surface area (Å²) in [4.78, 5) is 0. The molecule has 106 valence electrons. The molecule has 1 fully saturated rings. The molecule has 1 heterocycles. The molecule has 0 aromatic carbocycles. The summed E-state index contributed by atoms with van der Waals surface area (Å²) in [6.45, 7) is 0.149. The number of aliphatic hydroxyl groups excluding tert-OH is 4. The minimum absolute atomic E-state index is 0.226. The van der Waals surface area contributed by atoms with E-state index >= 15 is 0 Å². The Balaban J connectivity index is 0. The highest BCUT2D eigenvalue weighted by Crippen LogP contribution is 2.08. The van der Waals surface area contributed by atoms with Crippen LogP contribution < -0.4 is 0 Å². The van der Waals surface area contributed by atoms with Crippen molar-refractivity contribution in [2.45, 2.75) is 18.3 Å². The molecule has 1 aliphatic rings. The maximum absolute atomic E-state index is 8.40. The summed E-state index contributed by atoms with van der Waals surface area (Å²) in [5.74, 6) is 1.12. The van der Waals surface area contributed by atoms with Crippen LogP contribution >= 0.6 is 34.8 Å². The zero-order valence-corrected chi connectivity index (χ0v) is 11.6. The lowest BCUT2D eigenvalue weighted by molar-refractivity contribution is 0.0450. The molecule has 17 heavy (non-hydrogen) atoms. The van der Waals surface area contributed by atoms with Gasteiger partial charge in [0.25, 0.3) is 0 Å². The molecule has 0 aliphatic carbocycles. The lowest BCUT2D eigenvalue weighted by atomic mass is 10.4. The molecular weight excluding hydrogens is 294 g/mol. The first kappa shape index (κ1) is 20.0. The van der Waals surface area contributed by atoms with E-state index in [-0.39, 0.29) is 25.0 Å². The third-order valence-electron chi connectivity index (χ3n) is 1.35. The highest BCUT2D eigenvalue weighted by atomic mass is 35.5. The van der Waals surface area contributed by atoms with Gasteiger partial charge < -0.3 is 25.2 Å². The fraction of sp³-hybridized carbons (Fsp3) is 1.00. The number of halogens is 3. The second kappa shape index (κ2) is 14.7. The van der Waals surface area contributed by atoms with Gasteiger partial charge in [-0.2, -0.15) is 0 Å². The monoisotopic (exact) mass is 312 g/mol. The molecule has 0 saturated carbocycles. The fourth-order valence-electron chi connectivity index (χ4n) is 0.256. The van der Waals surface area contributed by atoms with Gasteiger partial charge in [-0.1, -0.05) is 0 Å². The van der Waals surface area contributed by atoms with E-state index in [0.717, 1.165) is 6.61 Å². The van der Waals surface area contributed by atoms with E-state index in [0.29, 0.717) is 12.0 Å². The number of rotatable bonds is 5. The van der Waals surface area contributed by atoms with Crippen LogP contribution in [0.15, 0.2) is 0 Å². The lowest BCUT2D eigenvalue weighted by Crippen LogP contribution is -2.15. The van der Waals surface area contributed by atoms with Crippen LogP contribution in [-0.2, 0) is 4.74 Å². The minimum atomic E-state index is -0.954. The Kier molecular flexibility index (Phi) is 17.3. The quantitative estimate of drug-likeness (QED) is 0.416. The summed E-state index contributed by atoms with van der Waals surface area (Å²) in [6.07, 6.45) is -1.09. The molecule has 1 saturated heterocycles. The summed E-state index contributed by atoms with van der Waals surface area (Å²) < 4.78 is 4.73. The molecular formula is C9H19Cl3O5. The van der Waals surface area contributed by atoms with Gasteiger partial charge in [-0.3, -0.25) is 0 Å². The number of hydrogen-bond acceptors (Lipinski definition) is 5. The average molecular weight is 314 g/mol. The summed E-state index contributed by atoms with van der Waals surface area (Å²) in [5.41, 5.74) is 0. The van der Waals surface area contributed by atoms with Crippen molar-refractivity contribution in [3.63, 3.8) is 0 Å². The van der Waals surface area contributed by atoms with E-state index in [9.17, 15) is 0 Å². The van der Waals surface area contributed by atoms with Crippen molar-refractivity contribution in [2.75, 3.05) is 37.5 Å². The second-order valence-corrected chi connectivity index (χ2v) is 4.02. The van der Waals surface area contributed by atoms with Crippen LogP contribution in [0.4, 0.5) is 0 Å². The highest BCUT2D eigenvalue weighted by Gasteiger charge is 2.19. The third-order valence-corrected chi connectivity index (χ3v) is 2.41. The predicted molar refractivity (Wildman–Crippen MR) is 68.1 cm³/mol. The van der Waals surface area contributed by atoms with E-state index in [2.05, 4.69) is 0 Å². The SMILES string of the molecule is ClCC1CO1.OC(CCl)CCl.OCC(O)CO. The number of hydrogen-bond donors (Lipinski definition) is 4. The summed E-state index contributed by atoms with van der Waals surface area (Å²) in [6, 6.07) is 0. The molecule has 1 aliphatic heterocycles. The van der Waals surface area contributed by atoms with Crippen molar-refractivity contribution in [2.24, 2.45) is 0 Å². The Morgan fingerprint density at radius 2 is 1.41 bits per heavy atom. The van der Waals surface area contributed by atoms with E-state index in [1.807, 2.05) is 0 Å². The summed E-state index contributed by atoms with van der Waals surface area (Å²) >= 11 is 15.5. The van der Waals surface area contributed by atoms with Gasteiger partial charge in [0.05, 0.1) is 37.9 Å². The first-order valence-corrected chi connectivity index (χ1v) is 6.53. The maximum atomic E-state index is 8.40. The van der Waals surface area contributed by atoms with Gasteiger partial charge in [0.15, 0.2) is 0 Å². The standard InChI is InChI=1S/C3H6Cl2O.C3H5ClO.C3H8O3/c4-1-3(6)2-5;4-1-3-2-5-3;4-1-3(6)2-5/h3,6H,1-2H2;3H,1-2H2;3-6H,1-2H2. The molecule has 1 rings (SSSR count). The molecule has 0 spiro atoms. The van der Waals surface area contributed by atoms with E-state index in [4.69, 9.17) is 60.0 Å². The number of alkyl halides is 3. The molecule has 0 amide bonds. The summed E-state index contributed by atoms with van der Waals surface area (Å²) in [7, 11) is 0. The minimum Gasteiger partial charge on any atom is -0.394 e. The lowest BCUT2D eigenvalue weighted by Gasteiger charge is -1.96. The van der Waals surface area contributed by atoms with Gasteiger partial charge >= 0.3 is 0 Å². The number of aliphatic hydroxyl groups is 4. The average Bonchev–Trinajstić information content (AvgIpc) is 3.22. The van der Waals surface area contributed by atoms with Gasteiger partial charge in [0.2, 0.25) is 0 Å². The van der Waals surface area contributed by atoms with Crippen LogP contribution in [0.25, 0.3) is 0 Å². The van der Waals surface area contributed by atoms with Gasteiger partial charge in [-0.25, -0.2) is 0 Å². The van der Waals surface area contributed by atoms with E-state index < -0.39 is 12.2 Å². The van der Waals surface area contributed by atoms with Crippen molar-refractivity contribution in [3.8, 4) is 0 Å². The Hall–Kier alpha value is 0.670. The van der Waals surface area contributed by atoms with Crippen molar-refractivity contribution in [3.05, 3.63) is 0 Å². The topological polar surface area (TPSA) is 93.5 Å². The molecule has 1 unspecified atom stereocenters. The Labute approximate surface area is 116 Å². The van der Waals surface area contributed by atoms with E-state index in [1.54, 1.807) is 0 Å². The van der Waals surface area contributed by atoms with Gasteiger partial charge in [-0.15, -0.1) is 34.8 Å². The zero-order chi connectivity index (χ0) is 13.7. The smallest absolute Gasteiger partial charge is 0.100 e. The van der Waals surface area contributed by atoms with Crippen LogP contribution in [0.3, 0.4) is 0 Å². The van der Waals surface area contributed by atoms with Crippen LogP contribution in [0.2, 0.25) is 0 Å². The van der Waals surface area contributed by atoms with Crippen LogP contribution in [0.5, 0.6) is 0 Å². The highest BCUT2D eigenvalue weighted by molar-refractivity contribution is 6.21. The Bertz CT molecular complexity index is 131. The number of epoxide rings is 1. The third kappa shape index (κ3) is 19.2. The van der Waals surface area contributed by atoms with Crippen LogP contribution in [-0.4, -0.2) is 76.2 Å². The van der Waals surface area contributed by atoms with Crippen LogP contribution in [0, 0.1) is 0 Å². The molecule has 4 N–H and O–H groups in total. The fourth-order valence-corrected chi connectivity index (χ4v) is 0.764. The summed E-state index contributed by atoms with van der Waals surface area (Å²) in [5, 5.41) is 32.4. The van der Waals surface area contributed by atoms with Crippen molar-refractivity contribution in [1.29, 1.82) is 0 Å². The molecule has 1 atom stereocenters. The molecule has 0 aromatic heterocycles.